The summed E-state index contributed by atoms with van der Waals surface area (Å²) in [5, 5.41) is 2.80. The zero-order chi connectivity index (χ0) is 24.7. The van der Waals surface area contributed by atoms with Gasteiger partial charge in [-0.05, 0) is 33.2 Å². The first kappa shape index (κ1) is 26.6. The van der Waals surface area contributed by atoms with E-state index in [1.165, 1.54) is 0 Å². The molecule has 3 atom stereocenters. The number of hydrogen-bond acceptors (Lipinski definition) is 6. The van der Waals surface area contributed by atoms with Crippen LogP contribution in [0.1, 0.15) is 37.6 Å². The van der Waals surface area contributed by atoms with Crippen LogP contribution in [0.2, 0.25) is 0 Å². The summed E-state index contributed by atoms with van der Waals surface area (Å²) < 4.78 is 11.8. The minimum atomic E-state index is -0.243. The third-order valence-electron chi connectivity index (χ3n) is 5.82. The Bertz CT molecular complexity index is 844. The van der Waals surface area contributed by atoms with Crippen molar-refractivity contribution in [1.82, 2.24) is 14.7 Å². The lowest BCUT2D eigenvalue weighted by atomic mass is 10.0. The minimum Gasteiger partial charge on any atom is -0.491 e. The van der Waals surface area contributed by atoms with Crippen LogP contribution in [0.15, 0.2) is 18.2 Å². The fourth-order valence-corrected chi connectivity index (χ4v) is 3.81. The maximum absolute atomic E-state index is 13.2. The molecule has 0 bridgehead atoms. The Labute approximate surface area is 197 Å². The fraction of sp³-hybridized carbons (Fsp3) is 0.625. The first-order valence-corrected chi connectivity index (χ1v) is 11.4. The second-order valence-corrected chi connectivity index (χ2v) is 8.99. The summed E-state index contributed by atoms with van der Waals surface area (Å²) in [6.07, 6.45) is 0.101. The van der Waals surface area contributed by atoms with Crippen molar-refractivity contribution in [2.45, 2.75) is 39.3 Å². The molecule has 1 aliphatic rings. The molecule has 0 spiro atoms. The van der Waals surface area contributed by atoms with Crippen LogP contribution in [0.5, 0.6) is 5.75 Å². The highest BCUT2D eigenvalue weighted by molar-refractivity contribution is 5.98. The maximum atomic E-state index is 13.2. The summed E-state index contributed by atoms with van der Waals surface area (Å²) in [5.74, 6) is 0.0571. The summed E-state index contributed by atoms with van der Waals surface area (Å²) in [6.45, 7) is 7.08. The van der Waals surface area contributed by atoms with Crippen molar-refractivity contribution < 1.29 is 23.9 Å². The van der Waals surface area contributed by atoms with Gasteiger partial charge in [-0.3, -0.25) is 14.4 Å². The van der Waals surface area contributed by atoms with Crippen LogP contribution in [0.25, 0.3) is 0 Å². The number of rotatable bonds is 5. The van der Waals surface area contributed by atoms with Gasteiger partial charge < -0.3 is 29.5 Å². The van der Waals surface area contributed by atoms with Gasteiger partial charge in [-0.15, -0.1) is 0 Å². The van der Waals surface area contributed by atoms with Crippen molar-refractivity contribution in [2.75, 3.05) is 59.8 Å². The number of nitrogens with one attached hydrogen (secondary N) is 1. The van der Waals surface area contributed by atoms with Crippen LogP contribution in [-0.2, 0) is 14.3 Å². The fourth-order valence-electron chi connectivity index (χ4n) is 3.81. The van der Waals surface area contributed by atoms with Crippen LogP contribution in [-0.4, -0.2) is 99.1 Å². The Morgan fingerprint density at radius 1 is 1.24 bits per heavy atom. The average Bonchev–Trinajstić information content (AvgIpc) is 2.77. The van der Waals surface area contributed by atoms with Gasteiger partial charge in [-0.2, -0.15) is 0 Å². The molecule has 0 radical (unpaired) electrons. The van der Waals surface area contributed by atoms with Crippen molar-refractivity contribution in [3.05, 3.63) is 23.8 Å². The van der Waals surface area contributed by atoms with Crippen molar-refractivity contribution in [3.8, 4) is 5.75 Å². The molecule has 0 aliphatic carbocycles. The summed E-state index contributed by atoms with van der Waals surface area (Å²) >= 11 is 0. The molecule has 3 amide bonds. The molecule has 1 heterocycles. The van der Waals surface area contributed by atoms with Crippen molar-refractivity contribution >= 4 is 23.4 Å². The van der Waals surface area contributed by atoms with Crippen LogP contribution in [0.4, 0.5) is 5.69 Å². The Kier molecular flexibility index (Phi) is 9.67. The summed E-state index contributed by atoms with van der Waals surface area (Å²) in [7, 11) is 7.07. The molecule has 9 heteroatoms. The topological polar surface area (TPSA) is 91.4 Å². The molecule has 0 aromatic heterocycles. The SMILES string of the molecule is CCC(=O)Nc1ccc2c(c1)OC[C@H](C)N(C(=O)CN(C)C)C[C@@H](C)[C@@H](OC)CN(C)C2=O. The largest absolute Gasteiger partial charge is 0.491 e. The van der Waals surface area contributed by atoms with Crippen molar-refractivity contribution in [2.24, 2.45) is 5.92 Å². The molecule has 1 N–H and O–H groups in total. The van der Waals surface area contributed by atoms with E-state index in [9.17, 15) is 14.4 Å². The van der Waals surface area contributed by atoms with Gasteiger partial charge in [0, 0.05) is 51.3 Å². The molecule has 0 fully saturated rings. The number of methoxy groups -OCH3 is 1. The van der Waals surface area contributed by atoms with Gasteiger partial charge in [0.2, 0.25) is 11.8 Å². The molecule has 0 unspecified atom stereocenters. The van der Waals surface area contributed by atoms with E-state index in [2.05, 4.69) is 5.32 Å². The summed E-state index contributed by atoms with van der Waals surface area (Å²) in [6, 6.07) is 4.79. The molecule has 0 saturated heterocycles. The summed E-state index contributed by atoms with van der Waals surface area (Å²) in [5.41, 5.74) is 0.952. The Morgan fingerprint density at radius 2 is 1.94 bits per heavy atom. The summed E-state index contributed by atoms with van der Waals surface area (Å²) in [4.78, 5) is 43.4. The molecule has 1 aromatic carbocycles. The smallest absolute Gasteiger partial charge is 0.257 e. The number of hydrogen-bond donors (Lipinski definition) is 1. The molecular weight excluding hydrogens is 424 g/mol. The molecule has 1 aromatic rings. The molecule has 2 rings (SSSR count). The van der Waals surface area contributed by atoms with E-state index in [0.29, 0.717) is 36.5 Å². The molecular formula is C24H38N4O5. The molecule has 184 valence electrons. The molecule has 33 heavy (non-hydrogen) atoms. The number of carbonyl (C=O) groups is 3. The Morgan fingerprint density at radius 3 is 2.55 bits per heavy atom. The van der Waals surface area contributed by atoms with E-state index in [-0.39, 0.29) is 48.9 Å². The van der Waals surface area contributed by atoms with E-state index < -0.39 is 0 Å². The van der Waals surface area contributed by atoms with Gasteiger partial charge >= 0.3 is 0 Å². The third kappa shape index (κ3) is 7.17. The highest BCUT2D eigenvalue weighted by atomic mass is 16.5. The first-order chi connectivity index (χ1) is 15.6. The van der Waals surface area contributed by atoms with Crippen LogP contribution < -0.4 is 10.1 Å². The van der Waals surface area contributed by atoms with E-state index in [4.69, 9.17) is 9.47 Å². The lowest BCUT2D eigenvalue weighted by molar-refractivity contribution is -0.136. The molecule has 9 nitrogen and oxygen atoms in total. The highest BCUT2D eigenvalue weighted by Crippen LogP contribution is 2.27. The highest BCUT2D eigenvalue weighted by Gasteiger charge is 2.30. The van der Waals surface area contributed by atoms with Crippen molar-refractivity contribution in [3.63, 3.8) is 0 Å². The lowest BCUT2D eigenvalue weighted by Gasteiger charge is -2.36. The van der Waals surface area contributed by atoms with E-state index >= 15 is 0 Å². The number of amides is 3. The second-order valence-electron chi connectivity index (χ2n) is 8.99. The number of likely N-dealkylation sites (N-methyl/N-ethyl adjacent to an activating group) is 2. The van der Waals surface area contributed by atoms with Gasteiger partial charge in [0.1, 0.15) is 12.4 Å². The maximum Gasteiger partial charge on any atom is 0.257 e. The van der Waals surface area contributed by atoms with Crippen LogP contribution >= 0.6 is 0 Å². The van der Waals surface area contributed by atoms with Gasteiger partial charge in [-0.25, -0.2) is 0 Å². The minimum absolute atomic E-state index is 0.00322. The normalized spacial score (nSPS) is 22.2. The number of anilines is 1. The zero-order valence-corrected chi connectivity index (χ0v) is 20.9. The number of carbonyl (C=O) groups excluding carboxylic acids is 3. The quantitative estimate of drug-likeness (QED) is 0.719. The molecule has 1 aliphatic heterocycles. The second kappa shape index (κ2) is 12.0. The van der Waals surface area contributed by atoms with E-state index in [0.717, 1.165) is 0 Å². The molecule has 0 saturated carbocycles. The predicted octanol–water partition coefficient (Wildman–Crippen LogP) is 1.93. The van der Waals surface area contributed by atoms with E-state index in [1.54, 1.807) is 44.2 Å². The van der Waals surface area contributed by atoms with Gasteiger partial charge in [0.05, 0.1) is 24.3 Å². The monoisotopic (exact) mass is 462 g/mol. The zero-order valence-electron chi connectivity index (χ0n) is 20.9. The number of nitrogens with zero attached hydrogens (tertiary/aromatic N) is 3. The van der Waals surface area contributed by atoms with Gasteiger partial charge in [0.15, 0.2) is 0 Å². The van der Waals surface area contributed by atoms with Gasteiger partial charge in [-0.1, -0.05) is 13.8 Å². The van der Waals surface area contributed by atoms with Crippen molar-refractivity contribution in [1.29, 1.82) is 0 Å². The van der Waals surface area contributed by atoms with E-state index in [1.807, 2.05) is 37.7 Å². The standard InChI is InChI=1S/C24H38N4O5/c1-8-22(29)25-18-9-10-19-20(11-18)33-15-17(3)28(23(30)14-26(4)5)12-16(2)21(32-7)13-27(6)24(19)31/h9-11,16-17,21H,8,12-15H2,1-7H3,(H,25,29)/t16-,17+,21+/m1/s1. The lowest BCUT2D eigenvalue weighted by Crippen LogP contribution is -2.50. The third-order valence-corrected chi connectivity index (χ3v) is 5.82. The number of benzene rings is 1. The first-order valence-electron chi connectivity index (χ1n) is 11.4. The number of fused-ring (bicyclic) bond motifs is 1. The van der Waals surface area contributed by atoms with Gasteiger partial charge in [0.25, 0.3) is 5.91 Å². The number of ether oxygens (including phenoxy) is 2. The van der Waals surface area contributed by atoms with Crippen LogP contribution in [0.3, 0.4) is 0 Å². The Hall–Kier alpha value is -2.65. The predicted molar refractivity (Wildman–Crippen MR) is 128 cm³/mol. The van der Waals surface area contributed by atoms with Crippen LogP contribution in [0, 0.1) is 5.92 Å². The Balaban J connectivity index is 2.44. The average molecular weight is 463 g/mol.